The third-order valence-electron chi connectivity index (χ3n) is 3.52. The summed E-state index contributed by atoms with van der Waals surface area (Å²) < 4.78 is 5.33. The van der Waals surface area contributed by atoms with Crippen LogP contribution < -0.4 is 0 Å². The van der Waals surface area contributed by atoms with Gasteiger partial charge in [0, 0.05) is 11.4 Å². The molecule has 1 saturated heterocycles. The monoisotopic (exact) mass is 316 g/mol. The number of allylic oxidation sites excluding steroid dienone is 1. The second-order valence-corrected chi connectivity index (χ2v) is 5.11. The molecule has 0 bridgehead atoms. The van der Waals surface area contributed by atoms with Crippen LogP contribution in [0, 0.1) is 0 Å². The molecule has 2 nitrogen and oxygen atoms in total. The van der Waals surface area contributed by atoms with E-state index in [1.807, 2.05) is 24.3 Å². The molecule has 0 radical (unpaired) electrons. The first-order valence-corrected chi connectivity index (χ1v) is 7.20. The Bertz CT molecular complexity index is 655. The summed E-state index contributed by atoms with van der Waals surface area (Å²) in [5, 5.41) is 2.30. The van der Waals surface area contributed by atoms with Crippen LogP contribution in [0.1, 0.15) is 24.3 Å². The van der Waals surface area contributed by atoms with E-state index in [2.05, 4.69) is 34.1 Å². The average molecular weight is 317 g/mol. The molecule has 1 aliphatic heterocycles. The van der Waals surface area contributed by atoms with E-state index in [0.29, 0.717) is 5.76 Å². The highest BCUT2D eigenvalue weighted by molar-refractivity contribution is 9.11. The average Bonchev–Trinajstić information content (AvgIpc) is 2.46. The Morgan fingerprint density at radius 3 is 2.74 bits per heavy atom. The molecule has 1 atom stereocenters. The quantitative estimate of drug-likeness (QED) is 0.724. The molecule has 1 aliphatic rings. The number of hydrogen-bond donors (Lipinski definition) is 0. The van der Waals surface area contributed by atoms with Gasteiger partial charge in [0.1, 0.15) is 5.76 Å². The van der Waals surface area contributed by atoms with E-state index >= 15 is 0 Å². The van der Waals surface area contributed by atoms with E-state index in [1.54, 1.807) is 4.99 Å². The molecule has 1 unspecified atom stereocenters. The molecular weight excluding hydrogens is 304 g/mol. The Morgan fingerprint density at radius 1 is 1.16 bits per heavy atom. The summed E-state index contributed by atoms with van der Waals surface area (Å²) in [6.45, 7) is 0. The van der Waals surface area contributed by atoms with Gasteiger partial charge in [-0.05, 0) is 22.8 Å². The van der Waals surface area contributed by atoms with Gasteiger partial charge in [-0.25, -0.2) is 0 Å². The normalized spacial score (nSPS) is 21.6. The van der Waals surface area contributed by atoms with Gasteiger partial charge in [0.15, 0.2) is 0 Å². The zero-order valence-corrected chi connectivity index (χ0v) is 11.9. The summed E-state index contributed by atoms with van der Waals surface area (Å²) in [6, 6.07) is 14.2. The van der Waals surface area contributed by atoms with Crippen molar-refractivity contribution in [1.29, 1.82) is 0 Å². The van der Waals surface area contributed by atoms with Crippen LogP contribution >= 0.6 is 15.9 Å². The van der Waals surface area contributed by atoms with Crippen LogP contribution in [0.2, 0.25) is 0 Å². The number of esters is 1. The Morgan fingerprint density at radius 2 is 1.95 bits per heavy atom. The van der Waals surface area contributed by atoms with Crippen molar-refractivity contribution >= 4 is 32.7 Å². The lowest BCUT2D eigenvalue weighted by Gasteiger charge is -2.23. The largest absolute Gasteiger partial charge is 0.430 e. The first-order valence-electron chi connectivity index (χ1n) is 6.28. The molecule has 0 spiro atoms. The Labute approximate surface area is 120 Å². The molecule has 0 N–H and O–H groups in total. The highest BCUT2D eigenvalue weighted by Gasteiger charge is 2.29. The molecule has 0 aliphatic carbocycles. The zero-order valence-electron chi connectivity index (χ0n) is 10.3. The zero-order chi connectivity index (χ0) is 13.2. The van der Waals surface area contributed by atoms with Crippen LogP contribution in [-0.4, -0.2) is 5.97 Å². The van der Waals surface area contributed by atoms with Crippen LogP contribution in [0.15, 0.2) is 53.2 Å². The van der Waals surface area contributed by atoms with Crippen LogP contribution in [0.4, 0.5) is 0 Å². The molecule has 0 aromatic heterocycles. The minimum atomic E-state index is -0.165. The summed E-state index contributed by atoms with van der Waals surface area (Å²) in [7, 11) is 0. The SMILES string of the molecule is O=C1O/C(=C\Br)CCC1c1cccc2ccccc12. The van der Waals surface area contributed by atoms with Crippen LogP contribution in [0.3, 0.4) is 0 Å². The van der Waals surface area contributed by atoms with Crippen molar-refractivity contribution in [3.63, 3.8) is 0 Å². The van der Waals surface area contributed by atoms with Gasteiger partial charge in [-0.1, -0.05) is 58.4 Å². The van der Waals surface area contributed by atoms with Gasteiger partial charge in [0.25, 0.3) is 0 Å². The molecule has 96 valence electrons. The number of cyclic esters (lactones) is 1. The first kappa shape index (κ1) is 12.4. The molecule has 1 heterocycles. The summed E-state index contributed by atoms with van der Waals surface area (Å²) >= 11 is 3.22. The van der Waals surface area contributed by atoms with Gasteiger partial charge in [0.05, 0.1) is 5.92 Å². The molecule has 0 saturated carbocycles. The summed E-state index contributed by atoms with van der Waals surface area (Å²) in [4.78, 5) is 13.8. The summed E-state index contributed by atoms with van der Waals surface area (Å²) in [6.07, 6.45) is 1.58. The number of carbonyl (C=O) groups is 1. The Hall–Kier alpha value is -1.61. The molecule has 3 rings (SSSR count). The van der Waals surface area contributed by atoms with Crippen molar-refractivity contribution in [3.8, 4) is 0 Å². The van der Waals surface area contributed by atoms with Gasteiger partial charge in [-0.15, -0.1) is 0 Å². The lowest BCUT2D eigenvalue weighted by Crippen LogP contribution is -2.21. The predicted octanol–water partition coefficient (Wildman–Crippen LogP) is 4.50. The second-order valence-electron chi connectivity index (χ2n) is 4.66. The molecule has 2 aromatic rings. The van der Waals surface area contributed by atoms with Gasteiger partial charge >= 0.3 is 5.97 Å². The van der Waals surface area contributed by atoms with E-state index in [-0.39, 0.29) is 11.9 Å². The number of rotatable bonds is 1. The number of halogens is 1. The maximum absolute atomic E-state index is 12.1. The molecule has 0 amide bonds. The third-order valence-corrected chi connectivity index (χ3v) is 4.03. The van der Waals surface area contributed by atoms with Crippen molar-refractivity contribution in [1.82, 2.24) is 0 Å². The van der Waals surface area contributed by atoms with Crippen LogP contribution in [0.5, 0.6) is 0 Å². The number of benzene rings is 2. The highest BCUT2D eigenvalue weighted by Crippen LogP contribution is 2.35. The lowest BCUT2D eigenvalue weighted by atomic mass is 9.88. The highest BCUT2D eigenvalue weighted by atomic mass is 79.9. The van der Waals surface area contributed by atoms with Crippen molar-refractivity contribution < 1.29 is 9.53 Å². The van der Waals surface area contributed by atoms with Crippen LogP contribution in [-0.2, 0) is 9.53 Å². The van der Waals surface area contributed by atoms with Crippen molar-refractivity contribution in [2.24, 2.45) is 0 Å². The van der Waals surface area contributed by atoms with E-state index in [0.717, 1.165) is 29.2 Å². The second kappa shape index (κ2) is 5.17. The number of fused-ring (bicyclic) bond motifs is 1. The summed E-state index contributed by atoms with van der Waals surface area (Å²) in [5.41, 5.74) is 1.07. The Kier molecular flexibility index (Phi) is 3.38. The topological polar surface area (TPSA) is 26.3 Å². The van der Waals surface area contributed by atoms with E-state index in [9.17, 15) is 4.79 Å². The van der Waals surface area contributed by atoms with Crippen molar-refractivity contribution in [2.75, 3.05) is 0 Å². The maximum atomic E-state index is 12.1. The van der Waals surface area contributed by atoms with Gasteiger partial charge < -0.3 is 4.74 Å². The molecule has 19 heavy (non-hydrogen) atoms. The Balaban J connectivity index is 2.03. The third kappa shape index (κ3) is 2.30. The van der Waals surface area contributed by atoms with Gasteiger partial charge in [0.2, 0.25) is 0 Å². The minimum Gasteiger partial charge on any atom is -0.430 e. The maximum Gasteiger partial charge on any atom is 0.318 e. The minimum absolute atomic E-state index is 0.159. The molecular formula is C16H13BrO2. The van der Waals surface area contributed by atoms with Crippen LogP contribution in [0.25, 0.3) is 10.8 Å². The van der Waals surface area contributed by atoms with Crippen molar-refractivity contribution in [3.05, 3.63) is 58.8 Å². The smallest absolute Gasteiger partial charge is 0.318 e. The predicted molar refractivity (Wildman–Crippen MR) is 79.0 cm³/mol. The van der Waals surface area contributed by atoms with E-state index < -0.39 is 0 Å². The van der Waals surface area contributed by atoms with E-state index in [1.165, 1.54) is 0 Å². The van der Waals surface area contributed by atoms with Gasteiger partial charge in [-0.2, -0.15) is 0 Å². The lowest BCUT2D eigenvalue weighted by molar-refractivity contribution is -0.143. The van der Waals surface area contributed by atoms with E-state index in [4.69, 9.17) is 4.74 Å². The fraction of sp³-hybridized carbons (Fsp3) is 0.188. The van der Waals surface area contributed by atoms with Crippen molar-refractivity contribution in [2.45, 2.75) is 18.8 Å². The fourth-order valence-electron chi connectivity index (χ4n) is 2.57. The number of hydrogen-bond acceptors (Lipinski definition) is 2. The molecule has 3 heteroatoms. The molecule has 1 fully saturated rings. The standard InChI is InChI=1S/C16H13BrO2/c17-10-12-8-9-15(16(18)19-12)14-7-3-5-11-4-1-2-6-13(11)14/h1-7,10,15H,8-9H2/b12-10-. The number of ether oxygens (including phenoxy) is 1. The fourth-order valence-corrected chi connectivity index (χ4v) is 2.89. The van der Waals surface area contributed by atoms with Gasteiger partial charge in [-0.3, -0.25) is 4.79 Å². The first-order chi connectivity index (χ1) is 9.29. The summed E-state index contributed by atoms with van der Waals surface area (Å²) in [5.74, 6) is 0.386. The number of carbonyl (C=O) groups excluding carboxylic acids is 1. The molecule has 2 aromatic carbocycles.